The van der Waals surface area contributed by atoms with E-state index in [2.05, 4.69) is 11.8 Å². The molecule has 0 saturated carbocycles. The zero-order chi connectivity index (χ0) is 25.4. The third-order valence-electron chi connectivity index (χ3n) is 6.93. The van der Waals surface area contributed by atoms with Crippen LogP contribution in [0.25, 0.3) is 21.2 Å². The molecule has 4 nitrogen and oxygen atoms in total. The molecule has 6 heteroatoms. The number of hydrogen-bond donors (Lipinski definition) is 1. The van der Waals surface area contributed by atoms with Crippen molar-refractivity contribution >= 4 is 27.2 Å². The summed E-state index contributed by atoms with van der Waals surface area (Å²) in [6.07, 6.45) is 1.25. The molecule has 0 unspecified atom stereocenters. The second kappa shape index (κ2) is 10.0. The predicted molar refractivity (Wildman–Crippen MR) is 144 cm³/mol. The van der Waals surface area contributed by atoms with E-state index < -0.39 is 0 Å². The maximum absolute atomic E-state index is 13.9. The minimum absolute atomic E-state index is 0.138. The zero-order valence-corrected chi connectivity index (χ0v) is 21.6. The maximum atomic E-state index is 13.9. The fourth-order valence-corrected chi connectivity index (χ4v) is 6.36. The van der Waals surface area contributed by atoms with Crippen molar-refractivity contribution in [2.45, 2.75) is 27.2 Å². The Balaban J connectivity index is 1.46. The highest BCUT2D eigenvalue weighted by atomic mass is 32.1. The first-order chi connectivity index (χ1) is 17.3. The van der Waals surface area contributed by atoms with Crippen LogP contribution in [0.15, 0.2) is 54.6 Å². The molecule has 4 aromatic rings. The van der Waals surface area contributed by atoms with E-state index in [1.165, 1.54) is 29.9 Å². The summed E-state index contributed by atoms with van der Waals surface area (Å²) in [6, 6.07) is 15.8. The van der Waals surface area contributed by atoms with Gasteiger partial charge in [0.15, 0.2) is 0 Å². The summed E-state index contributed by atoms with van der Waals surface area (Å²) in [5, 5.41) is 10.9. The maximum Gasteiger partial charge on any atom is 0.204 e. The predicted octanol–water partition coefficient (Wildman–Crippen LogP) is 6.98. The smallest absolute Gasteiger partial charge is 0.204 e. The Hall–Kier alpha value is -3.22. The van der Waals surface area contributed by atoms with E-state index in [9.17, 15) is 14.3 Å². The molecule has 1 aliphatic heterocycles. The molecule has 2 heterocycles. The summed E-state index contributed by atoms with van der Waals surface area (Å²) >= 11 is 1.35. The number of thiophene rings is 1. The summed E-state index contributed by atoms with van der Waals surface area (Å²) in [4.78, 5) is 16.8. The first-order valence-electron chi connectivity index (χ1n) is 12.3. The van der Waals surface area contributed by atoms with Gasteiger partial charge < -0.3 is 9.84 Å². The molecule has 1 aliphatic rings. The van der Waals surface area contributed by atoms with Crippen LogP contribution in [0.3, 0.4) is 0 Å². The number of benzene rings is 3. The molecule has 3 aromatic carbocycles. The molecule has 0 radical (unpaired) electrons. The Bertz CT molecular complexity index is 1400. The van der Waals surface area contributed by atoms with Crippen molar-refractivity contribution in [1.29, 1.82) is 0 Å². The van der Waals surface area contributed by atoms with E-state index in [-0.39, 0.29) is 17.3 Å². The lowest BCUT2D eigenvalue weighted by Gasteiger charge is -2.15. The molecule has 5 rings (SSSR count). The van der Waals surface area contributed by atoms with Crippen LogP contribution in [0.1, 0.15) is 39.7 Å². The Labute approximate surface area is 215 Å². The second-order valence-corrected chi connectivity index (χ2v) is 10.8. The van der Waals surface area contributed by atoms with E-state index in [4.69, 9.17) is 4.74 Å². The Kier molecular flexibility index (Phi) is 6.82. The topological polar surface area (TPSA) is 49.8 Å². The summed E-state index contributed by atoms with van der Waals surface area (Å²) in [7, 11) is 0. The van der Waals surface area contributed by atoms with Gasteiger partial charge in [-0.2, -0.15) is 0 Å². The third-order valence-corrected chi connectivity index (χ3v) is 8.08. The van der Waals surface area contributed by atoms with Crippen molar-refractivity contribution in [2.75, 3.05) is 26.2 Å². The van der Waals surface area contributed by atoms with Gasteiger partial charge in [0.1, 0.15) is 23.9 Å². The average Bonchev–Trinajstić information content (AvgIpc) is 3.41. The van der Waals surface area contributed by atoms with E-state index in [0.717, 1.165) is 52.5 Å². The highest BCUT2D eigenvalue weighted by molar-refractivity contribution is 7.21. The van der Waals surface area contributed by atoms with Crippen LogP contribution >= 0.6 is 11.3 Å². The normalized spacial score (nSPS) is 16.1. The molecule has 186 valence electrons. The molecule has 1 saturated heterocycles. The van der Waals surface area contributed by atoms with Crippen LogP contribution in [-0.2, 0) is 0 Å². The van der Waals surface area contributed by atoms with Crippen molar-refractivity contribution in [3.05, 3.63) is 82.0 Å². The number of ketones is 1. The molecule has 0 bridgehead atoms. The molecular formula is C30H30FNO3S. The molecule has 0 aliphatic carbocycles. The van der Waals surface area contributed by atoms with Gasteiger partial charge in [0.2, 0.25) is 5.78 Å². The van der Waals surface area contributed by atoms with Crippen molar-refractivity contribution in [3.8, 4) is 22.6 Å². The lowest BCUT2D eigenvalue weighted by Crippen LogP contribution is -2.25. The number of fused-ring (bicyclic) bond motifs is 1. The fourth-order valence-electron chi connectivity index (χ4n) is 5.15. The van der Waals surface area contributed by atoms with Gasteiger partial charge in [-0.05, 0) is 91.9 Å². The lowest BCUT2D eigenvalue weighted by atomic mass is 9.94. The first kappa shape index (κ1) is 24.5. The number of aromatic hydroxyl groups is 1. The number of aryl methyl sites for hydroxylation is 2. The largest absolute Gasteiger partial charge is 0.508 e. The standard InChI is InChI=1S/C30H30FNO3S/c1-18-10-11-32(17-18)12-13-35-24-7-4-21(5-8-24)28-25-9-6-23(33)16-26(25)36-30(28)29(34)27-19(2)14-22(31)15-20(27)3/h4-9,14-16,18,33H,10-13,17H2,1-3H3/t18-/m0/s1. The first-order valence-corrected chi connectivity index (χ1v) is 13.1. The summed E-state index contributed by atoms with van der Waals surface area (Å²) < 4.78 is 20.7. The number of halogens is 1. The molecule has 0 spiro atoms. The molecule has 1 atom stereocenters. The zero-order valence-electron chi connectivity index (χ0n) is 20.8. The number of phenolic OH excluding ortho intramolecular Hbond substituents is 1. The fraction of sp³-hybridized carbons (Fsp3) is 0.300. The van der Waals surface area contributed by atoms with Crippen LogP contribution in [0.2, 0.25) is 0 Å². The average molecular weight is 504 g/mol. The van der Waals surface area contributed by atoms with Crippen LogP contribution in [0.4, 0.5) is 4.39 Å². The van der Waals surface area contributed by atoms with E-state index >= 15 is 0 Å². The van der Waals surface area contributed by atoms with Gasteiger partial charge in [0.25, 0.3) is 0 Å². The van der Waals surface area contributed by atoms with Crippen molar-refractivity contribution in [1.82, 2.24) is 4.90 Å². The van der Waals surface area contributed by atoms with E-state index in [1.807, 2.05) is 30.3 Å². The van der Waals surface area contributed by atoms with Crippen LogP contribution < -0.4 is 4.74 Å². The number of carbonyl (C=O) groups is 1. The number of likely N-dealkylation sites (tertiary alicyclic amines) is 1. The van der Waals surface area contributed by atoms with E-state index in [0.29, 0.717) is 28.2 Å². The summed E-state index contributed by atoms with van der Waals surface area (Å²) in [5.74, 6) is 1.21. The molecule has 0 amide bonds. The molecule has 1 N–H and O–H groups in total. The Morgan fingerprint density at radius 3 is 2.50 bits per heavy atom. The molecular weight excluding hydrogens is 473 g/mol. The number of nitrogens with zero attached hydrogens (tertiary/aromatic N) is 1. The van der Waals surface area contributed by atoms with Crippen molar-refractivity contribution < 1.29 is 19.0 Å². The number of rotatable bonds is 7. The number of ether oxygens (including phenoxy) is 1. The Morgan fingerprint density at radius 2 is 1.83 bits per heavy atom. The number of phenols is 1. The van der Waals surface area contributed by atoms with Gasteiger partial charge in [-0.1, -0.05) is 19.1 Å². The molecule has 1 aromatic heterocycles. The SMILES string of the molecule is Cc1cc(F)cc(C)c1C(=O)c1sc2cc(O)ccc2c1-c1ccc(OCCN2CC[C@H](C)C2)cc1. The Morgan fingerprint density at radius 1 is 1.11 bits per heavy atom. The van der Waals surface area contributed by atoms with E-state index in [1.54, 1.807) is 26.0 Å². The number of hydrogen-bond acceptors (Lipinski definition) is 5. The lowest BCUT2D eigenvalue weighted by molar-refractivity contribution is 0.104. The molecule has 36 heavy (non-hydrogen) atoms. The van der Waals surface area contributed by atoms with Crippen LogP contribution in [0, 0.1) is 25.6 Å². The minimum atomic E-state index is -0.349. The van der Waals surface area contributed by atoms with Crippen LogP contribution in [-0.4, -0.2) is 42.0 Å². The summed E-state index contributed by atoms with van der Waals surface area (Å²) in [5.41, 5.74) is 3.46. The van der Waals surface area contributed by atoms with Gasteiger partial charge in [0, 0.05) is 34.3 Å². The van der Waals surface area contributed by atoms with Crippen LogP contribution in [0.5, 0.6) is 11.5 Å². The number of carbonyl (C=O) groups excluding carboxylic acids is 1. The van der Waals surface area contributed by atoms with Gasteiger partial charge in [-0.15, -0.1) is 11.3 Å². The van der Waals surface area contributed by atoms with Crippen molar-refractivity contribution in [3.63, 3.8) is 0 Å². The quantitative estimate of drug-likeness (QED) is 0.276. The highest BCUT2D eigenvalue weighted by Crippen LogP contribution is 2.42. The summed E-state index contributed by atoms with van der Waals surface area (Å²) in [6.45, 7) is 9.63. The van der Waals surface area contributed by atoms with Gasteiger partial charge >= 0.3 is 0 Å². The monoisotopic (exact) mass is 503 g/mol. The second-order valence-electron chi connectivity index (χ2n) is 9.80. The van der Waals surface area contributed by atoms with Gasteiger partial charge in [-0.3, -0.25) is 9.69 Å². The van der Waals surface area contributed by atoms with Crippen molar-refractivity contribution in [2.24, 2.45) is 5.92 Å². The third kappa shape index (κ3) is 4.88. The minimum Gasteiger partial charge on any atom is -0.508 e. The highest BCUT2D eigenvalue weighted by Gasteiger charge is 2.24. The van der Waals surface area contributed by atoms with Gasteiger partial charge in [-0.25, -0.2) is 4.39 Å². The van der Waals surface area contributed by atoms with Gasteiger partial charge in [0.05, 0.1) is 4.88 Å². The molecule has 1 fully saturated rings.